The zero-order chi connectivity index (χ0) is 18.6. The van der Waals surface area contributed by atoms with E-state index < -0.39 is 0 Å². The summed E-state index contributed by atoms with van der Waals surface area (Å²) in [6.45, 7) is 5.88. The topological polar surface area (TPSA) is 105 Å². The highest BCUT2D eigenvalue weighted by molar-refractivity contribution is 5.83. The Morgan fingerprint density at radius 2 is 2.04 bits per heavy atom. The van der Waals surface area contributed by atoms with Crippen LogP contribution in [0.15, 0.2) is 30.0 Å². The summed E-state index contributed by atoms with van der Waals surface area (Å²) in [5, 5.41) is 22.6. The maximum atomic E-state index is 11.9. The van der Waals surface area contributed by atoms with E-state index in [1.807, 2.05) is 51.1 Å². The number of amides is 1. The molecule has 0 aliphatic rings. The number of nitrogens with zero attached hydrogens (tertiary/aromatic N) is 3. The summed E-state index contributed by atoms with van der Waals surface area (Å²) in [5.74, 6) is 0.0337. The first kappa shape index (κ1) is 18.5. The number of aliphatic hydroxyl groups excluding tert-OH is 1. The predicted molar refractivity (Wildman–Crippen MR) is 96.6 cm³/mol. The van der Waals surface area contributed by atoms with Crippen LogP contribution in [0.3, 0.4) is 0 Å². The zero-order valence-corrected chi connectivity index (χ0v) is 14.9. The molecule has 0 saturated carbocycles. The molecular formula is C18H23N5O2. The summed E-state index contributed by atoms with van der Waals surface area (Å²) in [4.78, 5) is 20.9. The number of rotatable bonds is 5. The third kappa shape index (κ3) is 5.06. The van der Waals surface area contributed by atoms with Gasteiger partial charge in [-0.1, -0.05) is 12.1 Å². The fourth-order valence-electron chi connectivity index (χ4n) is 2.42. The number of benzene rings is 1. The average Bonchev–Trinajstić information content (AvgIpc) is 2.88. The summed E-state index contributed by atoms with van der Waals surface area (Å²) >= 11 is 0. The van der Waals surface area contributed by atoms with Gasteiger partial charge < -0.3 is 15.4 Å². The maximum Gasteiger partial charge on any atom is 0.234 e. The Morgan fingerprint density at radius 1 is 1.36 bits per heavy atom. The van der Waals surface area contributed by atoms with Gasteiger partial charge in [0.25, 0.3) is 0 Å². The zero-order valence-electron chi connectivity index (χ0n) is 14.9. The molecule has 1 aromatic heterocycles. The number of carbonyl (C=O) groups is 1. The second kappa shape index (κ2) is 7.36. The van der Waals surface area contributed by atoms with Gasteiger partial charge >= 0.3 is 0 Å². The number of carbonyl (C=O) groups excluding carboxylic acids is 1. The van der Waals surface area contributed by atoms with Crippen LogP contribution >= 0.6 is 0 Å². The quantitative estimate of drug-likeness (QED) is 0.571. The SMILES string of the molecule is CN(CC(=O)NC(C)(C)C)C/C(O)=C(\C#N)c1nc2ccccc2[nH]1. The smallest absolute Gasteiger partial charge is 0.234 e. The Balaban J connectivity index is 2.13. The number of aromatic nitrogens is 2. The number of likely N-dealkylation sites (N-methyl/N-ethyl adjacent to an activating group) is 1. The lowest BCUT2D eigenvalue weighted by Crippen LogP contribution is -2.45. The van der Waals surface area contributed by atoms with Crippen LogP contribution in [0.1, 0.15) is 26.6 Å². The Kier molecular flexibility index (Phi) is 5.45. The van der Waals surface area contributed by atoms with Gasteiger partial charge in [-0.05, 0) is 40.0 Å². The van der Waals surface area contributed by atoms with E-state index in [4.69, 9.17) is 0 Å². The molecule has 0 fully saturated rings. The van der Waals surface area contributed by atoms with Crippen molar-refractivity contribution in [3.63, 3.8) is 0 Å². The van der Waals surface area contributed by atoms with Crippen LogP contribution in [0, 0.1) is 11.3 Å². The lowest BCUT2D eigenvalue weighted by Gasteiger charge is -2.23. The molecule has 0 atom stereocenters. The number of aliphatic hydroxyl groups is 1. The highest BCUT2D eigenvalue weighted by Gasteiger charge is 2.18. The van der Waals surface area contributed by atoms with Crippen molar-refractivity contribution in [2.45, 2.75) is 26.3 Å². The van der Waals surface area contributed by atoms with Crippen LogP contribution in [0.5, 0.6) is 0 Å². The van der Waals surface area contributed by atoms with Crippen molar-refractivity contribution < 1.29 is 9.90 Å². The molecule has 132 valence electrons. The molecule has 7 nitrogen and oxygen atoms in total. The second-order valence-electron chi connectivity index (χ2n) is 7.01. The van der Waals surface area contributed by atoms with Crippen LogP contribution in [-0.2, 0) is 4.79 Å². The van der Waals surface area contributed by atoms with E-state index in [-0.39, 0.29) is 35.9 Å². The number of fused-ring (bicyclic) bond motifs is 1. The second-order valence-corrected chi connectivity index (χ2v) is 7.01. The molecule has 1 heterocycles. The van der Waals surface area contributed by atoms with Crippen molar-refractivity contribution in [1.29, 1.82) is 5.26 Å². The molecular weight excluding hydrogens is 318 g/mol. The molecule has 0 radical (unpaired) electrons. The van der Waals surface area contributed by atoms with Gasteiger partial charge in [0, 0.05) is 5.54 Å². The first-order valence-corrected chi connectivity index (χ1v) is 7.96. The Bertz CT molecular complexity index is 806. The van der Waals surface area contributed by atoms with Gasteiger partial charge in [0.15, 0.2) is 5.82 Å². The third-order valence-corrected chi connectivity index (χ3v) is 3.37. The Morgan fingerprint density at radius 3 is 2.64 bits per heavy atom. The van der Waals surface area contributed by atoms with Crippen LogP contribution < -0.4 is 5.32 Å². The fourth-order valence-corrected chi connectivity index (χ4v) is 2.42. The monoisotopic (exact) mass is 341 g/mol. The molecule has 25 heavy (non-hydrogen) atoms. The molecule has 1 aromatic carbocycles. The van der Waals surface area contributed by atoms with Gasteiger partial charge in [0.2, 0.25) is 5.91 Å². The lowest BCUT2D eigenvalue weighted by molar-refractivity contribution is -0.123. The number of imidazole rings is 1. The first-order chi connectivity index (χ1) is 11.7. The van der Waals surface area contributed by atoms with Crippen LogP contribution in [0.4, 0.5) is 0 Å². The summed E-state index contributed by atoms with van der Waals surface area (Å²) in [6, 6.07) is 9.37. The number of allylic oxidation sites excluding steroid dienone is 1. The first-order valence-electron chi connectivity index (χ1n) is 7.96. The third-order valence-electron chi connectivity index (χ3n) is 3.37. The number of H-pyrrole nitrogens is 1. The van der Waals surface area contributed by atoms with Gasteiger partial charge in [-0.25, -0.2) is 4.98 Å². The van der Waals surface area contributed by atoms with E-state index in [0.717, 1.165) is 11.0 Å². The molecule has 3 N–H and O–H groups in total. The van der Waals surface area contributed by atoms with Gasteiger partial charge in [0.1, 0.15) is 17.4 Å². The van der Waals surface area contributed by atoms with Crippen LogP contribution in [-0.4, -0.2) is 51.6 Å². The van der Waals surface area contributed by atoms with E-state index in [2.05, 4.69) is 15.3 Å². The number of hydrogen-bond donors (Lipinski definition) is 3. The van der Waals surface area contributed by atoms with Gasteiger partial charge in [-0.3, -0.25) is 9.69 Å². The van der Waals surface area contributed by atoms with Crippen molar-refractivity contribution in [3.8, 4) is 6.07 Å². The van der Waals surface area contributed by atoms with E-state index >= 15 is 0 Å². The van der Waals surface area contributed by atoms with Gasteiger partial charge in [0.05, 0.1) is 24.1 Å². The number of hydrogen-bond acceptors (Lipinski definition) is 5. The molecule has 0 bridgehead atoms. The number of nitrogens with one attached hydrogen (secondary N) is 2. The largest absolute Gasteiger partial charge is 0.509 e. The summed E-state index contributed by atoms with van der Waals surface area (Å²) < 4.78 is 0. The maximum absolute atomic E-state index is 11.9. The minimum atomic E-state index is -0.318. The Hall–Kier alpha value is -2.85. The summed E-state index contributed by atoms with van der Waals surface area (Å²) in [7, 11) is 1.70. The highest BCUT2D eigenvalue weighted by atomic mass is 16.3. The number of para-hydroxylation sites is 2. The minimum Gasteiger partial charge on any atom is -0.509 e. The van der Waals surface area contributed by atoms with Crippen molar-refractivity contribution in [3.05, 3.63) is 35.8 Å². The van der Waals surface area contributed by atoms with Crippen molar-refractivity contribution in [1.82, 2.24) is 20.2 Å². The van der Waals surface area contributed by atoms with E-state index in [0.29, 0.717) is 5.82 Å². The van der Waals surface area contributed by atoms with Crippen molar-refractivity contribution >= 4 is 22.5 Å². The molecule has 0 aliphatic heterocycles. The molecule has 0 aliphatic carbocycles. The van der Waals surface area contributed by atoms with E-state index in [1.54, 1.807) is 11.9 Å². The molecule has 7 heteroatoms. The average molecular weight is 341 g/mol. The Labute approximate surface area is 147 Å². The molecule has 0 spiro atoms. The van der Waals surface area contributed by atoms with Crippen LogP contribution in [0.25, 0.3) is 16.6 Å². The van der Waals surface area contributed by atoms with E-state index in [1.165, 1.54) is 0 Å². The van der Waals surface area contributed by atoms with Crippen LogP contribution in [0.2, 0.25) is 0 Å². The van der Waals surface area contributed by atoms with Crippen molar-refractivity contribution in [2.75, 3.05) is 20.1 Å². The number of nitriles is 1. The fraction of sp³-hybridized carbons (Fsp3) is 0.389. The van der Waals surface area contributed by atoms with E-state index in [9.17, 15) is 15.2 Å². The molecule has 0 unspecified atom stereocenters. The van der Waals surface area contributed by atoms with Crippen molar-refractivity contribution in [2.24, 2.45) is 0 Å². The molecule has 0 saturated heterocycles. The minimum absolute atomic E-state index is 0.0670. The summed E-state index contributed by atoms with van der Waals surface area (Å²) in [6.07, 6.45) is 0. The van der Waals surface area contributed by atoms with Gasteiger partial charge in [-0.2, -0.15) is 5.26 Å². The highest BCUT2D eigenvalue weighted by Crippen LogP contribution is 2.18. The predicted octanol–water partition coefficient (Wildman–Crippen LogP) is 2.20. The molecule has 2 rings (SSSR count). The normalized spacial score (nSPS) is 12.8. The lowest BCUT2D eigenvalue weighted by atomic mass is 10.1. The molecule has 2 aromatic rings. The molecule has 1 amide bonds. The summed E-state index contributed by atoms with van der Waals surface area (Å²) in [5.41, 5.74) is 1.26. The van der Waals surface area contributed by atoms with Gasteiger partial charge in [-0.15, -0.1) is 0 Å². The standard InChI is InChI=1S/C18H23N5O2/c1-18(2,3)22-16(25)11-23(4)10-15(24)12(9-19)17-20-13-7-5-6-8-14(13)21-17/h5-8,24H,10-11H2,1-4H3,(H,20,21)(H,22,25)/b15-12-. The number of aromatic amines is 1.